The Morgan fingerprint density at radius 1 is 0.950 bits per heavy atom. The lowest BCUT2D eigenvalue weighted by atomic mass is 9.79. The summed E-state index contributed by atoms with van der Waals surface area (Å²) in [5, 5.41) is 0. The SMILES string of the molecule is CCc1ccccc1C(C)C(CCN)c1ccccc1. The maximum atomic E-state index is 5.85. The molecule has 106 valence electrons. The molecular weight excluding hydrogens is 242 g/mol. The fraction of sp³-hybridized carbons (Fsp3) is 0.368. The second-order valence-electron chi connectivity index (χ2n) is 5.44. The highest BCUT2D eigenvalue weighted by atomic mass is 14.5. The lowest BCUT2D eigenvalue weighted by Gasteiger charge is -2.26. The van der Waals surface area contributed by atoms with E-state index in [1.807, 2.05) is 0 Å². The van der Waals surface area contributed by atoms with Crippen LogP contribution in [-0.4, -0.2) is 6.54 Å². The van der Waals surface area contributed by atoms with E-state index in [-0.39, 0.29) is 0 Å². The van der Waals surface area contributed by atoms with E-state index >= 15 is 0 Å². The van der Waals surface area contributed by atoms with Gasteiger partial charge in [-0.3, -0.25) is 0 Å². The molecule has 0 heterocycles. The highest BCUT2D eigenvalue weighted by Crippen LogP contribution is 2.36. The van der Waals surface area contributed by atoms with Gasteiger partial charge in [0.25, 0.3) is 0 Å². The van der Waals surface area contributed by atoms with Crippen molar-refractivity contribution in [2.45, 2.75) is 38.5 Å². The number of hydrogen-bond acceptors (Lipinski definition) is 1. The van der Waals surface area contributed by atoms with Gasteiger partial charge in [-0.1, -0.05) is 68.4 Å². The van der Waals surface area contributed by atoms with Crippen molar-refractivity contribution in [1.82, 2.24) is 0 Å². The molecule has 0 spiro atoms. The van der Waals surface area contributed by atoms with Crippen molar-refractivity contribution in [3.63, 3.8) is 0 Å². The van der Waals surface area contributed by atoms with E-state index in [9.17, 15) is 0 Å². The first kappa shape index (κ1) is 14.8. The minimum Gasteiger partial charge on any atom is -0.330 e. The van der Waals surface area contributed by atoms with Crippen LogP contribution >= 0.6 is 0 Å². The zero-order valence-corrected chi connectivity index (χ0v) is 12.5. The maximum absolute atomic E-state index is 5.85. The Hall–Kier alpha value is -1.60. The van der Waals surface area contributed by atoms with Crippen LogP contribution in [0.15, 0.2) is 54.6 Å². The smallest absolute Gasteiger partial charge is 0.00712 e. The van der Waals surface area contributed by atoms with E-state index in [1.54, 1.807) is 0 Å². The summed E-state index contributed by atoms with van der Waals surface area (Å²) in [4.78, 5) is 0. The maximum Gasteiger partial charge on any atom is -0.00712 e. The number of aryl methyl sites for hydroxylation is 1. The standard InChI is InChI=1S/C19H25N/c1-3-16-9-7-8-12-18(16)15(2)19(13-14-20)17-10-5-4-6-11-17/h4-12,15,19H,3,13-14,20H2,1-2H3. The monoisotopic (exact) mass is 267 g/mol. The van der Waals surface area contributed by atoms with E-state index in [2.05, 4.69) is 68.4 Å². The number of nitrogens with two attached hydrogens (primary N) is 1. The molecule has 0 amide bonds. The predicted octanol–water partition coefficient (Wildman–Crippen LogP) is 4.49. The van der Waals surface area contributed by atoms with Gasteiger partial charge in [0.2, 0.25) is 0 Å². The Balaban J connectivity index is 2.34. The van der Waals surface area contributed by atoms with Crippen LogP contribution in [0.3, 0.4) is 0 Å². The van der Waals surface area contributed by atoms with Crippen molar-refractivity contribution in [2.24, 2.45) is 5.73 Å². The van der Waals surface area contributed by atoms with E-state index in [4.69, 9.17) is 5.73 Å². The normalized spacial score (nSPS) is 13.9. The van der Waals surface area contributed by atoms with Crippen LogP contribution in [0.5, 0.6) is 0 Å². The molecule has 2 N–H and O–H groups in total. The fourth-order valence-electron chi connectivity index (χ4n) is 3.10. The fourth-order valence-corrected chi connectivity index (χ4v) is 3.10. The lowest BCUT2D eigenvalue weighted by molar-refractivity contribution is 0.539. The number of rotatable bonds is 6. The highest BCUT2D eigenvalue weighted by Gasteiger charge is 2.21. The zero-order chi connectivity index (χ0) is 14.4. The van der Waals surface area contributed by atoms with Gasteiger partial charge in [-0.15, -0.1) is 0 Å². The second-order valence-corrected chi connectivity index (χ2v) is 5.44. The molecule has 0 radical (unpaired) electrons. The third kappa shape index (κ3) is 3.29. The van der Waals surface area contributed by atoms with Crippen molar-refractivity contribution in [1.29, 1.82) is 0 Å². The lowest BCUT2D eigenvalue weighted by Crippen LogP contribution is -2.14. The molecule has 0 bridgehead atoms. The molecule has 2 unspecified atom stereocenters. The van der Waals surface area contributed by atoms with E-state index in [1.165, 1.54) is 16.7 Å². The molecule has 2 aromatic rings. The molecule has 2 aromatic carbocycles. The molecule has 20 heavy (non-hydrogen) atoms. The van der Waals surface area contributed by atoms with Crippen molar-refractivity contribution in [3.8, 4) is 0 Å². The third-order valence-corrected chi connectivity index (χ3v) is 4.24. The molecule has 0 saturated carbocycles. The molecule has 0 fully saturated rings. The van der Waals surface area contributed by atoms with Gasteiger partial charge in [-0.2, -0.15) is 0 Å². The minimum atomic E-state index is 0.494. The Labute approximate surface area is 122 Å². The zero-order valence-electron chi connectivity index (χ0n) is 12.5. The molecule has 1 heteroatoms. The van der Waals surface area contributed by atoms with Gasteiger partial charge < -0.3 is 5.73 Å². The molecular formula is C19H25N. The summed E-state index contributed by atoms with van der Waals surface area (Å²) in [7, 11) is 0. The van der Waals surface area contributed by atoms with Gasteiger partial charge in [0.05, 0.1) is 0 Å². The van der Waals surface area contributed by atoms with Crippen LogP contribution in [0.2, 0.25) is 0 Å². The van der Waals surface area contributed by atoms with Crippen LogP contribution in [0.1, 0.15) is 48.8 Å². The van der Waals surface area contributed by atoms with Gasteiger partial charge in [0.15, 0.2) is 0 Å². The summed E-state index contributed by atoms with van der Waals surface area (Å²) in [5.41, 5.74) is 10.2. The number of benzene rings is 2. The van der Waals surface area contributed by atoms with Gasteiger partial charge in [-0.05, 0) is 47.9 Å². The molecule has 2 atom stereocenters. The highest BCUT2D eigenvalue weighted by molar-refractivity contribution is 5.34. The number of hydrogen-bond donors (Lipinski definition) is 1. The van der Waals surface area contributed by atoms with Gasteiger partial charge in [-0.25, -0.2) is 0 Å². The largest absolute Gasteiger partial charge is 0.330 e. The average molecular weight is 267 g/mol. The van der Waals surface area contributed by atoms with Gasteiger partial charge >= 0.3 is 0 Å². The van der Waals surface area contributed by atoms with E-state index in [0.717, 1.165) is 19.4 Å². The average Bonchev–Trinajstić information content (AvgIpc) is 2.52. The minimum absolute atomic E-state index is 0.494. The Kier molecular flexibility index (Phi) is 5.37. The summed E-state index contributed by atoms with van der Waals surface area (Å²) >= 11 is 0. The first-order valence-corrected chi connectivity index (χ1v) is 7.60. The third-order valence-electron chi connectivity index (χ3n) is 4.24. The first-order chi connectivity index (χ1) is 9.77. The summed E-state index contributed by atoms with van der Waals surface area (Å²) in [6.07, 6.45) is 2.12. The Bertz CT molecular complexity index is 518. The summed E-state index contributed by atoms with van der Waals surface area (Å²) in [6, 6.07) is 19.6. The molecule has 0 saturated heterocycles. The van der Waals surface area contributed by atoms with Crippen LogP contribution in [0.4, 0.5) is 0 Å². The van der Waals surface area contributed by atoms with Crippen molar-refractivity contribution in [3.05, 3.63) is 71.3 Å². The van der Waals surface area contributed by atoms with Gasteiger partial charge in [0, 0.05) is 0 Å². The van der Waals surface area contributed by atoms with Crippen LogP contribution in [-0.2, 0) is 6.42 Å². The van der Waals surface area contributed by atoms with Crippen molar-refractivity contribution in [2.75, 3.05) is 6.54 Å². The van der Waals surface area contributed by atoms with Crippen molar-refractivity contribution >= 4 is 0 Å². The predicted molar refractivity (Wildman–Crippen MR) is 87.1 cm³/mol. The molecule has 2 rings (SSSR count). The Morgan fingerprint density at radius 2 is 1.60 bits per heavy atom. The summed E-state index contributed by atoms with van der Waals surface area (Å²) in [5.74, 6) is 0.992. The topological polar surface area (TPSA) is 26.0 Å². The van der Waals surface area contributed by atoms with Gasteiger partial charge in [0.1, 0.15) is 0 Å². The molecule has 0 aliphatic heterocycles. The summed E-state index contributed by atoms with van der Waals surface area (Å²) < 4.78 is 0. The Morgan fingerprint density at radius 3 is 2.25 bits per heavy atom. The van der Waals surface area contributed by atoms with Crippen LogP contribution in [0.25, 0.3) is 0 Å². The van der Waals surface area contributed by atoms with Crippen molar-refractivity contribution < 1.29 is 0 Å². The molecule has 0 aliphatic carbocycles. The molecule has 0 aromatic heterocycles. The quantitative estimate of drug-likeness (QED) is 0.820. The first-order valence-electron chi connectivity index (χ1n) is 7.60. The molecule has 0 aliphatic rings. The summed E-state index contributed by atoms with van der Waals surface area (Å²) in [6.45, 7) is 5.30. The second kappa shape index (κ2) is 7.25. The van der Waals surface area contributed by atoms with E-state index < -0.39 is 0 Å². The molecule has 1 nitrogen and oxygen atoms in total. The van der Waals surface area contributed by atoms with Crippen LogP contribution in [0, 0.1) is 0 Å². The van der Waals surface area contributed by atoms with E-state index in [0.29, 0.717) is 11.8 Å². The van der Waals surface area contributed by atoms with Crippen LogP contribution < -0.4 is 5.73 Å².